The molecule has 0 saturated heterocycles. The van der Waals surface area contributed by atoms with Gasteiger partial charge in [-0.1, -0.05) is 0 Å². The highest BCUT2D eigenvalue weighted by atomic mass is 16.5. The van der Waals surface area contributed by atoms with E-state index in [0.717, 1.165) is 17.1 Å². The predicted octanol–water partition coefficient (Wildman–Crippen LogP) is 2.43. The maximum Gasteiger partial charge on any atom is 0.140 e. The zero-order chi connectivity index (χ0) is 10.1. The minimum atomic E-state index is 0.202. The Morgan fingerprint density at radius 3 is 2.93 bits per heavy atom. The van der Waals surface area contributed by atoms with Gasteiger partial charge in [0, 0.05) is 24.2 Å². The van der Waals surface area contributed by atoms with E-state index in [1.807, 2.05) is 49.7 Å². The Morgan fingerprint density at radius 2 is 2.21 bits per heavy atom. The number of imidazole rings is 1. The Morgan fingerprint density at radius 1 is 1.43 bits per heavy atom. The standard InChI is InChI=1S/C11H14N2O/c1-8(2)14-10-4-5-13-9(3)7-12-11(13)6-10/h4-8H,1-3H3. The van der Waals surface area contributed by atoms with Crippen LogP contribution in [0.3, 0.4) is 0 Å². The van der Waals surface area contributed by atoms with Crippen molar-refractivity contribution in [2.75, 3.05) is 0 Å². The van der Waals surface area contributed by atoms with Crippen LogP contribution in [-0.4, -0.2) is 15.5 Å². The molecule has 0 atom stereocenters. The quantitative estimate of drug-likeness (QED) is 0.727. The van der Waals surface area contributed by atoms with Gasteiger partial charge in [-0.3, -0.25) is 0 Å². The number of aromatic nitrogens is 2. The molecule has 0 aromatic carbocycles. The second-order valence-electron chi connectivity index (χ2n) is 3.66. The number of hydrogen-bond acceptors (Lipinski definition) is 2. The molecule has 0 unspecified atom stereocenters. The van der Waals surface area contributed by atoms with Crippen LogP contribution in [0.15, 0.2) is 24.5 Å². The molecule has 2 aromatic rings. The van der Waals surface area contributed by atoms with Gasteiger partial charge in [0.05, 0.1) is 6.10 Å². The topological polar surface area (TPSA) is 26.5 Å². The molecule has 74 valence electrons. The number of fused-ring (bicyclic) bond motifs is 1. The van der Waals surface area contributed by atoms with Crippen molar-refractivity contribution in [3.8, 4) is 5.75 Å². The highest BCUT2D eigenvalue weighted by Crippen LogP contribution is 2.16. The summed E-state index contributed by atoms with van der Waals surface area (Å²) in [7, 11) is 0. The van der Waals surface area contributed by atoms with Crippen molar-refractivity contribution in [2.45, 2.75) is 26.9 Å². The average molecular weight is 190 g/mol. The first-order chi connectivity index (χ1) is 6.66. The van der Waals surface area contributed by atoms with Crippen LogP contribution in [0.1, 0.15) is 19.5 Å². The number of ether oxygens (including phenoxy) is 1. The van der Waals surface area contributed by atoms with E-state index in [0.29, 0.717) is 0 Å². The molecule has 0 aliphatic heterocycles. The van der Waals surface area contributed by atoms with E-state index in [-0.39, 0.29) is 6.10 Å². The fourth-order valence-corrected chi connectivity index (χ4v) is 1.43. The van der Waals surface area contributed by atoms with Gasteiger partial charge in [0.1, 0.15) is 11.4 Å². The molecule has 0 N–H and O–H groups in total. The highest BCUT2D eigenvalue weighted by molar-refractivity contribution is 5.45. The molecular weight excluding hydrogens is 176 g/mol. The Hall–Kier alpha value is -1.51. The molecular formula is C11H14N2O. The van der Waals surface area contributed by atoms with Gasteiger partial charge in [0.15, 0.2) is 0 Å². The highest BCUT2D eigenvalue weighted by Gasteiger charge is 2.02. The first kappa shape index (κ1) is 9.06. The van der Waals surface area contributed by atoms with Gasteiger partial charge < -0.3 is 9.14 Å². The molecule has 0 fully saturated rings. The van der Waals surface area contributed by atoms with E-state index in [9.17, 15) is 0 Å². The Bertz CT molecular complexity index is 445. The van der Waals surface area contributed by atoms with Crippen LogP contribution in [-0.2, 0) is 0 Å². The Labute approximate surface area is 83.3 Å². The molecule has 2 rings (SSSR count). The number of hydrogen-bond donors (Lipinski definition) is 0. The fraction of sp³-hybridized carbons (Fsp3) is 0.364. The first-order valence-electron chi connectivity index (χ1n) is 4.77. The first-order valence-corrected chi connectivity index (χ1v) is 4.77. The maximum absolute atomic E-state index is 5.58. The summed E-state index contributed by atoms with van der Waals surface area (Å²) in [4.78, 5) is 4.27. The molecule has 0 saturated carbocycles. The van der Waals surface area contributed by atoms with Crippen LogP contribution >= 0.6 is 0 Å². The largest absolute Gasteiger partial charge is 0.491 e. The lowest BCUT2D eigenvalue weighted by Gasteiger charge is -2.09. The molecule has 0 spiro atoms. The smallest absolute Gasteiger partial charge is 0.140 e. The molecule has 14 heavy (non-hydrogen) atoms. The molecule has 3 nitrogen and oxygen atoms in total. The van der Waals surface area contributed by atoms with Crippen LogP contribution in [0.5, 0.6) is 5.75 Å². The van der Waals surface area contributed by atoms with Gasteiger partial charge in [0.25, 0.3) is 0 Å². The van der Waals surface area contributed by atoms with Crippen molar-refractivity contribution in [1.82, 2.24) is 9.38 Å². The molecule has 0 radical (unpaired) electrons. The van der Waals surface area contributed by atoms with E-state index < -0.39 is 0 Å². The second kappa shape index (κ2) is 3.33. The van der Waals surface area contributed by atoms with Crippen LogP contribution < -0.4 is 4.74 Å². The minimum Gasteiger partial charge on any atom is -0.491 e. The number of nitrogens with zero attached hydrogens (tertiary/aromatic N) is 2. The van der Waals surface area contributed by atoms with Crippen LogP contribution in [0.4, 0.5) is 0 Å². The van der Waals surface area contributed by atoms with Gasteiger partial charge in [-0.15, -0.1) is 0 Å². The molecule has 3 heteroatoms. The summed E-state index contributed by atoms with van der Waals surface area (Å²) in [5, 5.41) is 0. The molecule has 2 heterocycles. The SMILES string of the molecule is Cc1cnc2cc(OC(C)C)ccn12. The monoisotopic (exact) mass is 190 g/mol. The maximum atomic E-state index is 5.58. The van der Waals surface area contributed by atoms with E-state index in [2.05, 4.69) is 4.98 Å². The van der Waals surface area contributed by atoms with Crippen molar-refractivity contribution in [3.63, 3.8) is 0 Å². The van der Waals surface area contributed by atoms with Gasteiger partial charge in [-0.25, -0.2) is 4.98 Å². The summed E-state index contributed by atoms with van der Waals surface area (Å²) in [6, 6.07) is 3.91. The molecule has 0 aliphatic rings. The lowest BCUT2D eigenvalue weighted by molar-refractivity contribution is 0.242. The summed E-state index contributed by atoms with van der Waals surface area (Å²) in [6.07, 6.45) is 4.04. The third-order valence-corrected chi connectivity index (χ3v) is 2.04. The van der Waals surface area contributed by atoms with E-state index >= 15 is 0 Å². The summed E-state index contributed by atoms with van der Waals surface area (Å²) in [5.41, 5.74) is 2.07. The van der Waals surface area contributed by atoms with Crippen molar-refractivity contribution < 1.29 is 4.74 Å². The summed E-state index contributed by atoms with van der Waals surface area (Å²) < 4.78 is 7.61. The van der Waals surface area contributed by atoms with Gasteiger partial charge in [0.2, 0.25) is 0 Å². The van der Waals surface area contributed by atoms with Crippen LogP contribution in [0, 0.1) is 6.92 Å². The van der Waals surface area contributed by atoms with Crippen molar-refractivity contribution in [2.24, 2.45) is 0 Å². The average Bonchev–Trinajstić information content (AvgIpc) is 2.46. The van der Waals surface area contributed by atoms with Crippen molar-refractivity contribution >= 4 is 5.65 Å². The lowest BCUT2D eigenvalue weighted by atomic mass is 10.4. The van der Waals surface area contributed by atoms with E-state index in [1.54, 1.807) is 0 Å². The molecule has 2 aromatic heterocycles. The summed E-state index contributed by atoms with van der Waals surface area (Å²) in [5.74, 6) is 0.873. The minimum absolute atomic E-state index is 0.202. The van der Waals surface area contributed by atoms with Crippen molar-refractivity contribution in [1.29, 1.82) is 0 Å². The predicted molar refractivity (Wildman–Crippen MR) is 55.7 cm³/mol. The van der Waals surface area contributed by atoms with Gasteiger partial charge >= 0.3 is 0 Å². The summed E-state index contributed by atoms with van der Waals surface area (Å²) in [6.45, 7) is 6.06. The van der Waals surface area contributed by atoms with Crippen LogP contribution in [0.2, 0.25) is 0 Å². The fourth-order valence-electron chi connectivity index (χ4n) is 1.43. The Balaban J connectivity index is 2.42. The third kappa shape index (κ3) is 1.58. The van der Waals surface area contributed by atoms with E-state index in [4.69, 9.17) is 4.74 Å². The summed E-state index contributed by atoms with van der Waals surface area (Å²) >= 11 is 0. The van der Waals surface area contributed by atoms with Gasteiger partial charge in [-0.2, -0.15) is 0 Å². The normalized spacial score (nSPS) is 11.1. The van der Waals surface area contributed by atoms with Gasteiger partial charge in [-0.05, 0) is 26.8 Å². The van der Waals surface area contributed by atoms with Crippen LogP contribution in [0.25, 0.3) is 5.65 Å². The zero-order valence-electron chi connectivity index (χ0n) is 8.69. The lowest BCUT2D eigenvalue weighted by Crippen LogP contribution is -2.05. The Kier molecular flexibility index (Phi) is 2.15. The van der Waals surface area contributed by atoms with Crippen molar-refractivity contribution in [3.05, 3.63) is 30.2 Å². The molecule has 0 aliphatic carbocycles. The second-order valence-corrected chi connectivity index (χ2v) is 3.66. The number of rotatable bonds is 2. The molecule has 0 amide bonds. The zero-order valence-corrected chi connectivity index (χ0v) is 8.69. The number of aryl methyl sites for hydroxylation is 1. The van der Waals surface area contributed by atoms with E-state index in [1.165, 1.54) is 0 Å². The molecule has 0 bridgehead atoms. The third-order valence-electron chi connectivity index (χ3n) is 2.04. The number of pyridine rings is 1.